The molecule has 2 rings (SSSR count). The van der Waals surface area contributed by atoms with Gasteiger partial charge in [0.2, 0.25) is 0 Å². The molecular formula is C11H14N4S. The molecule has 0 fully saturated rings. The highest BCUT2D eigenvalue weighted by atomic mass is 32.1. The molecule has 84 valence electrons. The highest BCUT2D eigenvalue weighted by Crippen LogP contribution is 2.24. The largest absolute Gasteiger partial charge is 0.384 e. The predicted octanol–water partition coefficient (Wildman–Crippen LogP) is 2.38. The SMILES string of the molecule is CC(C)Cc1nnc(-c2ccc(N)nc2)s1. The van der Waals surface area contributed by atoms with Crippen LogP contribution in [0.15, 0.2) is 18.3 Å². The maximum atomic E-state index is 5.53. The molecule has 0 saturated heterocycles. The number of anilines is 1. The Bertz CT molecular complexity index is 461. The van der Waals surface area contributed by atoms with Gasteiger partial charge in [-0.05, 0) is 18.1 Å². The third kappa shape index (κ3) is 2.55. The van der Waals surface area contributed by atoms with Crippen LogP contribution in [0.5, 0.6) is 0 Å². The first-order valence-corrected chi connectivity index (χ1v) is 6.01. The molecule has 0 atom stereocenters. The lowest BCUT2D eigenvalue weighted by Crippen LogP contribution is -1.92. The number of pyridine rings is 1. The van der Waals surface area contributed by atoms with Gasteiger partial charge in [0.1, 0.15) is 15.8 Å². The van der Waals surface area contributed by atoms with Crippen LogP contribution in [0.1, 0.15) is 18.9 Å². The maximum Gasteiger partial charge on any atom is 0.149 e. The van der Waals surface area contributed by atoms with Gasteiger partial charge in [0.15, 0.2) is 0 Å². The van der Waals surface area contributed by atoms with Gasteiger partial charge in [-0.25, -0.2) is 4.98 Å². The Hall–Kier alpha value is -1.49. The van der Waals surface area contributed by atoms with E-state index in [4.69, 9.17) is 5.73 Å². The average Bonchev–Trinajstić information content (AvgIpc) is 2.66. The van der Waals surface area contributed by atoms with Gasteiger partial charge in [-0.2, -0.15) is 0 Å². The van der Waals surface area contributed by atoms with Gasteiger partial charge in [0, 0.05) is 18.2 Å². The van der Waals surface area contributed by atoms with Gasteiger partial charge in [-0.1, -0.05) is 25.2 Å². The number of aromatic nitrogens is 3. The minimum atomic E-state index is 0.524. The zero-order valence-electron chi connectivity index (χ0n) is 9.34. The Morgan fingerprint density at radius 2 is 2.12 bits per heavy atom. The standard InChI is InChI=1S/C11H14N4S/c1-7(2)5-10-14-15-11(16-10)8-3-4-9(12)13-6-8/h3-4,6-7H,5H2,1-2H3,(H2,12,13). The number of hydrogen-bond acceptors (Lipinski definition) is 5. The van der Waals surface area contributed by atoms with Gasteiger partial charge in [0.05, 0.1) is 0 Å². The van der Waals surface area contributed by atoms with Crippen molar-refractivity contribution in [2.24, 2.45) is 5.92 Å². The molecule has 4 nitrogen and oxygen atoms in total. The van der Waals surface area contributed by atoms with E-state index in [1.807, 2.05) is 6.07 Å². The van der Waals surface area contributed by atoms with Gasteiger partial charge >= 0.3 is 0 Å². The van der Waals surface area contributed by atoms with E-state index >= 15 is 0 Å². The number of nitrogens with zero attached hydrogens (tertiary/aromatic N) is 3. The van der Waals surface area contributed by atoms with Crippen molar-refractivity contribution in [2.75, 3.05) is 5.73 Å². The summed E-state index contributed by atoms with van der Waals surface area (Å²) in [7, 11) is 0. The predicted molar refractivity (Wildman–Crippen MR) is 66.1 cm³/mol. The zero-order valence-corrected chi connectivity index (χ0v) is 10.2. The van der Waals surface area contributed by atoms with Crippen LogP contribution >= 0.6 is 11.3 Å². The van der Waals surface area contributed by atoms with Crippen LogP contribution in [-0.4, -0.2) is 15.2 Å². The first kappa shape index (κ1) is 11.0. The number of rotatable bonds is 3. The van der Waals surface area contributed by atoms with Crippen LogP contribution in [0.3, 0.4) is 0 Å². The molecule has 2 aromatic heterocycles. The molecule has 2 aromatic rings. The molecule has 2 heterocycles. The zero-order chi connectivity index (χ0) is 11.5. The molecule has 0 aliphatic heterocycles. The quantitative estimate of drug-likeness (QED) is 0.885. The molecule has 0 saturated carbocycles. The fraction of sp³-hybridized carbons (Fsp3) is 0.364. The molecule has 5 heteroatoms. The van der Waals surface area contributed by atoms with Crippen molar-refractivity contribution in [1.82, 2.24) is 15.2 Å². The van der Waals surface area contributed by atoms with Crippen LogP contribution in [-0.2, 0) is 6.42 Å². The topological polar surface area (TPSA) is 64.7 Å². The van der Waals surface area contributed by atoms with E-state index in [0.717, 1.165) is 22.0 Å². The highest BCUT2D eigenvalue weighted by Gasteiger charge is 2.08. The molecule has 0 aromatic carbocycles. The van der Waals surface area contributed by atoms with Crippen molar-refractivity contribution in [1.29, 1.82) is 0 Å². The lowest BCUT2D eigenvalue weighted by Gasteiger charge is -1.97. The lowest BCUT2D eigenvalue weighted by atomic mass is 10.1. The summed E-state index contributed by atoms with van der Waals surface area (Å²) < 4.78 is 0. The van der Waals surface area contributed by atoms with Crippen LogP contribution in [0.25, 0.3) is 10.6 Å². The molecule has 2 N–H and O–H groups in total. The van der Waals surface area contributed by atoms with E-state index in [2.05, 4.69) is 29.0 Å². The van der Waals surface area contributed by atoms with Crippen LogP contribution in [0.4, 0.5) is 5.82 Å². The van der Waals surface area contributed by atoms with E-state index in [1.165, 1.54) is 0 Å². The van der Waals surface area contributed by atoms with Crippen LogP contribution < -0.4 is 5.73 Å². The monoisotopic (exact) mass is 234 g/mol. The molecule has 0 unspecified atom stereocenters. The van der Waals surface area contributed by atoms with Crippen molar-refractivity contribution in [2.45, 2.75) is 20.3 Å². The Kier molecular flexibility index (Phi) is 3.14. The summed E-state index contributed by atoms with van der Waals surface area (Å²) >= 11 is 1.62. The fourth-order valence-corrected chi connectivity index (χ4v) is 2.38. The first-order valence-electron chi connectivity index (χ1n) is 5.19. The summed E-state index contributed by atoms with van der Waals surface area (Å²) in [6.45, 7) is 4.34. The van der Waals surface area contributed by atoms with Crippen molar-refractivity contribution >= 4 is 17.2 Å². The van der Waals surface area contributed by atoms with Gasteiger partial charge < -0.3 is 5.73 Å². The average molecular weight is 234 g/mol. The van der Waals surface area contributed by atoms with Gasteiger partial charge in [0.25, 0.3) is 0 Å². The Morgan fingerprint density at radius 1 is 1.31 bits per heavy atom. The summed E-state index contributed by atoms with van der Waals surface area (Å²) in [6, 6.07) is 3.70. The molecule has 0 aliphatic carbocycles. The van der Waals surface area contributed by atoms with Crippen molar-refractivity contribution in [3.63, 3.8) is 0 Å². The number of nitrogen functional groups attached to an aromatic ring is 1. The van der Waals surface area contributed by atoms with E-state index < -0.39 is 0 Å². The van der Waals surface area contributed by atoms with Crippen molar-refractivity contribution < 1.29 is 0 Å². The number of hydrogen-bond donors (Lipinski definition) is 1. The minimum Gasteiger partial charge on any atom is -0.384 e. The molecule has 0 amide bonds. The number of nitrogens with two attached hydrogens (primary N) is 1. The van der Waals surface area contributed by atoms with Crippen molar-refractivity contribution in [3.8, 4) is 10.6 Å². The van der Waals surface area contributed by atoms with E-state index in [-0.39, 0.29) is 0 Å². The van der Waals surface area contributed by atoms with Crippen LogP contribution in [0.2, 0.25) is 0 Å². The maximum absolute atomic E-state index is 5.53. The first-order chi connectivity index (χ1) is 7.65. The van der Waals surface area contributed by atoms with Gasteiger partial charge in [-0.15, -0.1) is 10.2 Å². The lowest BCUT2D eigenvalue weighted by molar-refractivity contribution is 0.640. The Morgan fingerprint density at radius 3 is 2.75 bits per heavy atom. The summed E-state index contributed by atoms with van der Waals surface area (Å²) in [5.41, 5.74) is 6.51. The summed E-state index contributed by atoms with van der Waals surface area (Å²) in [6.07, 6.45) is 2.70. The third-order valence-corrected chi connectivity index (χ3v) is 3.08. The fourth-order valence-electron chi connectivity index (χ4n) is 1.33. The van der Waals surface area contributed by atoms with Crippen molar-refractivity contribution in [3.05, 3.63) is 23.3 Å². The van der Waals surface area contributed by atoms with E-state index in [1.54, 1.807) is 23.6 Å². The molecule has 0 aliphatic rings. The molecule has 0 bridgehead atoms. The molecule has 16 heavy (non-hydrogen) atoms. The second-order valence-electron chi connectivity index (χ2n) is 4.07. The van der Waals surface area contributed by atoms with Gasteiger partial charge in [-0.3, -0.25) is 0 Å². The second-order valence-corrected chi connectivity index (χ2v) is 5.13. The highest BCUT2D eigenvalue weighted by molar-refractivity contribution is 7.14. The molecular weight excluding hydrogens is 220 g/mol. The molecule has 0 spiro atoms. The smallest absolute Gasteiger partial charge is 0.149 e. The Labute approximate surface area is 98.6 Å². The third-order valence-electron chi connectivity index (χ3n) is 2.08. The Balaban J connectivity index is 2.21. The minimum absolute atomic E-state index is 0.524. The second kappa shape index (κ2) is 4.57. The van der Waals surface area contributed by atoms with Crippen LogP contribution in [0, 0.1) is 5.92 Å². The summed E-state index contributed by atoms with van der Waals surface area (Å²) in [5.74, 6) is 1.13. The van der Waals surface area contributed by atoms with E-state index in [9.17, 15) is 0 Å². The normalized spacial score (nSPS) is 10.9. The van der Waals surface area contributed by atoms with E-state index in [0.29, 0.717) is 11.7 Å². The summed E-state index contributed by atoms with van der Waals surface area (Å²) in [5, 5.41) is 10.3. The molecule has 0 radical (unpaired) electrons. The summed E-state index contributed by atoms with van der Waals surface area (Å²) in [4.78, 5) is 4.04.